The Labute approximate surface area is 106 Å². The molecule has 2 unspecified atom stereocenters. The van der Waals surface area contributed by atoms with E-state index in [-0.39, 0.29) is 12.0 Å². The number of nitrogens with one attached hydrogen (secondary N) is 1. The third-order valence-corrected chi connectivity index (χ3v) is 3.24. The Morgan fingerprint density at radius 3 is 3.00 bits per heavy atom. The number of aryl methyl sites for hydroxylation is 2. The highest BCUT2D eigenvalue weighted by Gasteiger charge is 2.22. The quantitative estimate of drug-likeness (QED) is 0.801. The first-order chi connectivity index (χ1) is 8.63. The monoisotopic (exact) mass is 253 g/mol. The van der Waals surface area contributed by atoms with Crippen LogP contribution in [0.25, 0.3) is 0 Å². The van der Waals surface area contributed by atoms with Gasteiger partial charge in [-0.25, -0.2) is 0 Å². The van der Waals surface area contributed by atoms with Crippen LogP contribution in [0.5, 0.6) is 0 Å². The Bertz CT molecular complexity index is 405. The van der Waals surface area contributed by atoms with Crippen molar-refractivity contribution in [1.82, 2.24) is 15.5 Å². The molecule has 0 aliphatic heterocycles. The molecule has 0 aromatic carbocycles. The molecule has 0 bridgehead atoms. The van der Waals surface area contributed by atoms with E-state index >= 15 is 0 Å². The van der Waals surface area contributed by atoms with Crippen molar-refractivity contribution >= 4 is 5.91 Å². The lowest BCUT2D eigenvalue weighted by Gasteiger charge is -2.10. The van der Waals surface area contributed by atoms with Crippen molar-refractivity contribution < 1.29 is 14.4 Å². The largest absolute Gasteiger partial charge is 0.393 e. The molecule has 18 heavy (non-hydrogen) atoms. The summed E-state index contributed by atoms with van der Waals surface area (Å²) >= 11 is 0. The molecule has 1 aromatic heterocycles. The Morgan fingerprint density at radius 1 is 1.56 bits per heavy atom. The molecule has 1 aromatic rings. The van der Waals surface area contributed by atoms with Gasteiger partial charge in [-0.05, 0) is 32.1 Å². The van der Waals surface area contributed by atoms with E-state index in [1.807, 2.05) is 0 Å². The second kappa shape index (κ2) is 5.95. The molecule has 1 fully saturated rings. The van der Waals surface area contributed by atoms with Crippen LogP contribution in [0.1, 0.15) is 37.4 Å². The van der Waals surface area contributed by atoms with E-state index in [0.717, 1.165) is 19.3 Å². The molecule has 1 saturated carbocycles. The average molecular weight is 253 g/mol. The third kappa shape index (κ3) is 3.80. The summed E-state index contributed by atoms with van der Waals surface area (Å²) < 4.78 is 4.93. The van der Waals surface area contributed by atoms with Crippen LogP contribution < -0.4 is 5.32 Å². The highest BCUT2D eigenvalue weighted by Crippen LogP contribution is 2.24. The number of hydrogen-bond donors (Lipinski definition) is 2. The van der Waals surface area contributed by atoms with Crippen LogP contribution in [-0.4, -0.2) is 33.8 Å². The van der Waals surface area contributed by atoms with Gasteiger partial charge in [0.15, 0.2) is 5.82 Å². The molecule has 1 heterocycles. The maximum absolute atomic E-state index is 11.6. The minimum atomic E-state index is -0.187. The molecule has 1 amide bonds. The molecule has 0 saturated heterocycles. The van der Waals surface area contributed by atoms with E-state index in [0.29, 0.717) is 37.0 Å². The maximum Gasteiger partial charge on any atom is 0.227 e. The van der Waals surface area contributed by atoms with E-state index < -0.39 is 0 Å². The standard InChI is InChI=1S/C12H19N3O3/c1-8-14-12(18-15-8)5-4-11(17)13-7-9-2-3-10(16)6-9/h9-10,16H,2-7H2,1H3,(H,13,17). The zero-order valence-corrected chi connectivity index (χ0v) is 10.6. The topological polar surface area (TPSA) is 88.2 Å². The first kappa shape index (κ1) is 13.0. The zero-order chi connectivity index (χ0) is 13.0. The van der Waals surface area contributed by atoms with Crippen molar-refractivity contribution in [3.8, 4) is 0 Å². The highest BCUT2D eigenvalue weighted by molar-refractivity contribution is 5.75. The molecule has 0 spiro atoms. The summed E-state index contributed by atoms with van der Waals surface area (Å²) in [7, 11) is 0. The lowest BCUT2D eigenvalue weighted by Crippen LogP contribution is -2.28. The fraction of sp³-hybridized carbons (Fsp3) is 0.750. The summed E-state index contributed by atoms with van der Waals surface area (Å²) in [5, 5.41) is 15.9. The second-order valence-electron chi connectivity index (χ2n) is 4.87. The van der Waals surface area contributed by atoms with Crippen LogP contribution in [0.3, 0.4) is 0 Å². The highest BCUT2D eigenvalue weighted by atomic mass is 16.5. The van der Waals surface area contributed by atoms with Gasteiger partial charge in [0.1, 0.15) is 0 Å². The van der Waals surface area contributed by atoms with Crippen molar-refractivity contribution in [2.24, 2.45) is 5.92 Å². The Hall–Kier alpha value is -1.43. The van der Waals surface area contributed by atoms with E-state index in [1.165, 1.54) is 0 Å². The van der Waals surface area contributed by atoms with Gasteiger partial charge in [-0.3, -0.25) is 4.79 Å². The number of aliphatic hydroxyl groups is 1. The normalized spacial score (nSPS) is 23.2. The van der Waals surface area contributed by atoms with Crippen LogP contribution in [0.2, 0.25) is 0 Å². The predicted octanol–water partition coefficient (Wildman–Crippen LogP) is 0.588. The van der Waals surface area contributed by atoms with E-state index in [9.17, 15) is 9.90 Å². The second-order valence-corrected chi connectivity index (χ2v) is 4.87. The summed E-state index contributed by atoms with van der Waals surface area (Å²) in [4.78, 5) is 15.6. The van der Waals surface area contributed by atoms with Gasteiger partial charge in [0.05, 0.1) is 6.10 Å². The number of hydrogen-bond acceptors (Lipinski definition) is 5. The van der Waals surface area contributed by atoms with Crippen molar-refractivity contribution in [3.63, 3.8) is 0 Å². The maximum atomic E-state index is 11.6. The Morgan fingerprint density at radius 2 is 2.39 bits per heavy atom. The summed E-state index contributed by atoms with van der Waals surface area (Å²) in [5.41, 5.74) is 0. The van der Waals surface area contributed by atoms with Gasteiger partial charge < -0.3 is 14.9 Å². The van der Waals surface area contributed by atoms with Crippen LogP contribution in [0.15, 0.2) is 4.52 Å². The molecule has 100 valence electrons. The fourth-order valence-corrected chi connectivity index (χ4v) is 2.24. The Kier molecular flexibility index (Phi) is 4.30. The molecule has 0 radical (unpaired) electrons. The molecule has 2 N–H and O–H groups in total. The van der Waals surface area contributed by atoms with Crippen LogP contribution in [0, 0.1) is 12.8 Å². The summed E-state index contributed by atoms with van der Waals surface area (Å²) in [6, 6.07) is 0. The van der Waals surface area contributed by atoms with Gasteiger partial charge in [-0.15, -0.1) is 0 Å². The van der Waals surface area contributed by atoms with Crippen molar-refractivity contribution in [3.05, 3.63) is 11.7 Å². The zero-order valence-electron chi connectivity index (χ0n) is 10.6. The van der Waals surface area contributed by atoms with Gasteiger partial charge in [0, 0.05) is 19.4 Å². The summed E-state index contributed by atoms with van der Waals surface area (Å²) in [6.07, 6.45) is 3.28. The van der Waals surface area contributed by atoms with Crippen molar-refractivity contribution in [2.45, 2.75) is 45.1 Å². The van der Waals surface area contributed by atoms with Gasteiger partial charge in [-0.2, -0.15) is 4.98 Å². The number of amides is 1. The summed E-state index contributed by atoms with van der Waals surface area (Å²) in [5.74, 6) is 1.49. The smallest absolute Gasteiger partial charge is 0.227 e. The van der Waals surface area contributed by atoms with Gasteiger partial charge in [0.2, 0.25) is 11.8 Å². The molecular weight excluding hydrogens is 234 g/mol. The van der Waals surface area contributed by atoms with Crippen LogP contribution in [0.4, 0.5) is 0 Å². The lowest BCUT2D eigenvalue weighted by atomic mass is 10.1. The molecule has 2 rings (SSSR count). The van der Waals surface area contributed by atoms with E-state index in [1.54, 1.807) is 6.92 Å². The minimum Gasteiger partial charge on any atom is -0.393 e. The number of rotatable bonds is 5. The molecule has 6 nitrogen and oxygen atoms in total. The first-order valence-corrected chi connectivity index (χ1v) is 6.37. The van der Waals surface area contributed by atoms with Gasteiger partial charge in [0.25, 0.3) is 0 Å². The first-order valence-electron chi connectivity index (χ1n) is 6.37. The SMILES string of the molecule is Cc1noc(CCC(=O)NCC2CCC(O)C2)n1. The van der Waals surface area contributed by atoms with Crippen molar-refractivity contribution in [2.75, 3.05) is 6.54 Å². The lowest BCUT2D eigenvalue weighted by molar-refractivity contribution is -0.121. The minimum absolute atomic E-state index is 0.00718. The van der Waals surface area contributed by atoms with Gasteiger partial charge in [-0.1, -0.05) is 5.16 Å². The number of aromatic nitrogens is 2. The van der Waals surface area contributed by atoms with Crippen LogP contribution in [-0.2, 0) is 11.2 Å². The van der Waals surface area contributed by atoms with Crippen molar-refractivity contribution in [1.29, 1.82) is 0 Å². The van der Waals surface area contributed by atoms with Gasteiger partial charge >= 0.3 is 0 Å². The predicted molar refractivity (Wildman–Crippen MR) is 63.7 cm³/mol. The Balaban J connectivity index is 1.63. The number of aliphatic hydroxyl groups excluding tert-OH is 1. The molecule has 6 heteroatoms. The number of nitrogens with zero attached hydrogens (tertiary/aromatic N) is 2. The number of carbonyl (C=O) groups excluding carboxylic acids is 1. The third-order valence-electron chi connectivity index (χ3n) is 3.24. The summed E-state index contributed by atoms with van der Waals surface area (Å²) in [6.45, 7) is 2.40. The number of carbonyl (C=O) groups is 1. The molecule has 1 aliphatic rings. The molecule has 1 aliphatic carbocycles. The molecular formula is C12H19N3O3. The van der Waals surface area contributed by atoms with E-state index in [2.05, 4.69) is 15.5 Å². The average Bonchev–Trinajstić information content (AvgIpc) is 2.93. The van der Waals surface area contributed by atoms with E-state index in [4.69, 9.17) is 4.52 Å². The fourth-order valence-electron chi connectivity index (χ4n) is 2.24. The molecule has 2 atom stereocenters. The van der Waals surface area contributed by atoms with Crippen LogP contribution >= 0.6 is 0 Å².